The monoisotopic (exact) mass is 285 g/mol. The van der Waals surface area contributed by atoms with Crippen LogP contribution in [0.1, 0.15) is 40.9 Å². The van der Waals surface area contributed by atoms with Gasteiger partial charge in [0.25, 0.3) is 0 Å². The van der Waals surface area contributed by atoms with Crippen molar-refractivity contribution in [3.8, 4) is 0 Å². The van der Waals surface area contributed by atoms with Gasteiger partial charge in [-0.15, -0.1) is 0 Å². The zero-order chi connectivity index (χ0) is 15.2. The van der Waals surface area contributed by atoms with E-state index in [1.165, 1.54) is 0 Å². The van der Waals surface area contributed by atoms with Crippen LogP contribution in [0.25, 0.3) is 0 Å². The van der Waals surface area contributed by atoms with Gasteiger partial charge in [-0.25, -0.2) is 4.79 Å². The van der Waals surface area contributed by atoms with Crippen LogP contribution in [0.5, 0.6) is 0 Å². The second-order valence-electron chi connectivity index (χ2n) is 4.83. The zero-order valence-electron chi connectivity index (χ0n) is 12.0. The molecule has 0 saturated carbocycles. The lowest BCUT2D eigenvalue weighted by Gasteiger charge is -2.13. The summed E-state index contributed by atoms with van der Waals surface area (Å²) >= 11 is 0. The topological polar surface area (TPSA) is 72.5 Å². The van der Waals surface area contributed by atoms with Crippen molar-refractivity contribution in [1.29, 1.82) is 0 Å². The number of ether oxygens (including phenoxy) is 1. The number of carbonyl (C=O) groups excluding carboxylic acids is 1. The Morgan fingerprint density at radius 2 is 2.00 bits per heavy atom. The summed E-state index contributed by atoms with van der Waals surface area (Å²) in [7, 11) is 0. The standard InChI is InChI=1S/C17H19NO3/c1-2-16(19)14-8-3-4-9-15(14)17(20)21-11-12-6-5-7-13(18)10-12/h3-10,16,19H,2,11,18H2,1H3. The number of carbonyl (C=O) groups is 1. The third-order valence-electron chi connectivity index (χ3n) is 3.25. The van der Waals surface area contributed by atoms with Crippen molar-refractivity contribution < 1.29 is 14.6 Å². The molecule has 0 fully saturated rings. The lowest BCUT2D eigenvalue weighted by Crippen LogP contribution is -2.10. The third-order valence-corrected chi connectivity index (χ3v) is 3.25. The highest BCUT2D eigenvalue weighted by molar-refractivity contribution is 5.91. The minimum Gasteiger partial charge on any atom is -0.457 e. The summed E-state index contributed by atoms with van der Waals surface area (Å²) < 4.78 is 5.30. The highest BCUT2D eigenvalue weighted by atomic mass is 16.5. The average Bonchev–Trinajstić information content (AvgIpc) is 2.52. The first-order valence-corrected chi connectivity index (χ1v) is 6.90. The molecular formula is C17H19NO3. The summed E-state index contributed by atoms with van der Waals surface area (Å²) in [4.78, 5) is 12.2. The van der Waals surface area contributed by atoms with Crippen molar-refractivity contribution in [1.82, 2.24) is 0 Å². The summed E-state index contributed by atoms with van der Waals surface area (Å²) in [6.07, 6.45) is -0.124. The fourth-order valence-corrected chi connectivity index (χ4v) is 2.10. The van der Waals surface area contributed by atoms with Crippen LogP contribution in [-0.2, 0) is 11.3 Å². The van der Waals surface area contributed by atoms with Crippen LogP contribution in [-0.4, -0.2) is 11.1 Å². The molecule has 21 heavy (non-hydrogen) atoms. The van der Waals surface area contributed by atoms with Gasteiger partial charge in [-0.2, -0.15) is 0 Å². The minimum atomic E-state index is -0.666. The van der Waals surface area contributed by atoms with Crippen LogP contribution < -0.4 is 5.73 Å². The SMILES string of the molecule is CCC(O)c1ccccc1C(=O)OCc1cccc(N)c1. The van der Waals surface area contributed by atoms with E-state index in [1.54, 1.807) is 36.4 Å². The molecule has 110 valence electrons. The molecule has 2 aromatic rings. The molecule has 0 bridgehead atoms. The number of anilines is 1. The van der Waals surface area contributed by atoms with E-state index in [9.17, 15) is 9.90 Å². The summed E-state index contributed by atoms with van der Waals surface area (Å²) in [6.45, 7) is 2.01. The van der Waals surface area contributed by atoms with Gasteiger partial charge in [0.05, 0.1) is 11.7 Å². The van der Waals surface area contributed by atoms with E-state index >= 15 is 0 Å². The predicted octanol–water partition coefficient (Wildman–Crippen LogP) is 3.07. The Kier molecular flexibility index (Phi) is 4.95. The molecule has 0 spiro atoms. The fraction of sp³-hybridized carbons (Fsp3) is 0.235. The van der Waals surface area contributed by atoms with E-state index in [2.05, 4.69) is 0 Å². The minimum absolute atomic E-state index is 0.153. The van der Waals surface area contributed by atoms with Gasteiger partial charge in [0.1, 0.15) is 6.61 Å². The molecule has 0 amide bonds. The molecule has 1 atom stereocenters. The van der Waals surface area contributed by atoms with Gasteiger partial charge in [0.2, 0.25) is 0 Å². The normalized spacial score (nSPS) is 11.9. The number of nitrogens with two attached hydrogens (primary N) is 1. The lowest BCUT2D eigenvalue weighted by molar-refractivity contribution is 0.0465. The summed E-state index contributed by atoms with van der Waals surface area (Å²) in [5.74, 6) is -0.444. The second-order valence-corrected chi connectivity index (χ2v) is 4.83. The predicted molar refractivity (Wildman–Crippen MR) is 81.7 cm³/mol. The highest BCUT2D eigenvalue weighted by Crippen LogP contribution is 2.21. The van der Waals surface area contributed by atoms with Crippen molar-refractivity contribution in [3.05, 3.63) is 65.2 Å². The molecule has 3 N–H and O–H groups in total. The lowest BCUT2D eigenvalue weighted by atomic mass is 10.0. The molecular weight excluding hydrogens is 266 g/mol. The Morgan fingerprint density at radius 1 is 1.24 bits per heavy atom. The van der Waals surface area contributed by atoms with Crippen LogP contribution in [0, 0.1) is 0 Å². The summed E-state index contributed by atoms with van der Waals surface area (Å²) in [5, 5.41) is 9.96. The fourth-order valence-electron chi connectivity index (χ4n) is 2.10. The summed E-state index contributed by atoms with van der Waals surface area (Å²) in [6, 6.07) is 14.1. The van der Waals surface area contributed by atoms with E-state index in [0.717, 1.165) is 5.56 Å². The molecule has 0 aliphatic carbocycles. The summed E-state index contributed by atoms with van der Waals surface area (Å²) in [5.41, 5.74) is 8.14. The zero-order valence-corrected chi connectivity index (χ0v) is 12.0. The van der Waals surface area contributed by atoms with Crippen LogP contribution in [0.15, 0.2) is 48.5 Å². The largest absolute Gasteiger partial charge is 0.457 e. The molecule has 1 unspecified atom stereocenters. The Morgan fingerprint density at radius 3 is 2.71 bits per heavy atom. The number of aliphatic hydroxyl groups is 1. The van der Waals surface area contributed by atoms with Crippen molar-refractivity contribution in [2.45, 2.75) is 26.1 Å². The van der Waals surface area contributed by atoms with Crippen LogP contribution >= 0.6 is 0 Å². The molecule has 0 saturated heterocycles. The maximum Gasteiger partial charge on any atom is 0.338 e. The van der Waals surface area contributed by atoms with Gasteiger partial charge in [0.15, 0.2) is 0 Å². The number of hydrogen-bond acceptors (Lipinski definition) is 4. The number of rotatable bonds is 5. The number of hydrogen-bond donors (Lipinski definition) is 2. The average molecular weight is 285 g/mol. The molecule has 4 heteroatoms. The number of nitrogen functional groups attached to an aromatic ring is 1. The maximum absolute atomic E-state index is 12.2. The molecule has 2 rings (SSSR count). The van der Waals surface area contributed by atoms with Crippen LogP contribution in [0.4, 0.5) is 5.69 Å². The van der Waals surface area contributed by atoms with E-state index in [4.69, 9.17) is 10.5 Å². The smallest absolute Gasteiger partial charge is 0.338 e. The van der Waals surface area contributed by atoms with Gasteiger partial charge >= 0.3 is 5.97 Å². The van der Waals surface area contributed by atoms with Crippen molar-refractivity contribution in [3.63, 3.8) is 0 Å². The van der Waals surface area contributed by atoms with Gasteiger partial charge in [-0.1, -0.05) is 37.3 Å². The number of benzene rings is 2. The van der Waals surface area contributed by atoms with Crippen molar-refractivity contribution >= 4 is 11.7 Å². The van der Waals surface area contributed by atoms with Gasteiger partial charge < -0.3 is 15.6 Å². The molecule has 0 aromatic heterocycles. The van der Waals surface area contributed by atoms with Gasteiger partial charge in [-0.05, 0) is 35.7 Å². The molecule has 4 nitrogen and oxygen atoms in total. The first-order chi connectivity index (χ1) is 10.1. The van der Waals surface area contributed by atoms with E-state index in [-0.39, 0.29) is 6.61 Å². The number of esters is 1. The molecule has 0 aliphatic rings. The van der Waals surface area contributed by atoms with E-state index in [0.29, 0.717) is 23.2 Å². The molecule has 0 heterocycles. The van der Waals surface area contributed by atoms with Gasteiger partial charge in [-0.3, -0.25) is 0 Å². The Hall–Kier alpha value is -2.33. The van der Waals surface area contributed by atoms with Crippen molar-refractivity contribution in [2.75, 3.05) is 5.73 Å². The Labute approximate surface area is 124 Å². The molecule has 0 aliphatic heterocycles. The second kappa shape index (κ2) is 6.90. The molecule has 2 aromatic carbocycles. The maximum atomic E-state index is 12.2. The van der Waals surface area contributed by atoms with Gasteiger partial charge in [0, 0.05) is 5.69 Å². The van der Waals surface area contributed by atoms with Crippen LogP contribution in [0.3, 0.4) is 0 Å². The Balaban J connectivity index is 2.10. The first-order valence-electron chi connectivity index (χ1n) is 6.90. The third kappa shape index (κ3) is 3.83. The first kappa shape index (κ1) is 15.1. The Bertz CT molecular complexity index is 625. The van der Waals surface area contributed by atoms with E-state index in [1.807, 2.05) is 19.1 Å². The van der Waals surface area contributed by atoms with Crippen LogP contribution in [0.2, 0.25) is 0 Å². The van der Waals surface area contributed by atoms with E-state index < -0.39 is 12.1 Å². The number of aliphatic hydroxyl groups excluding tert-OH is 1. The highest BCUT2D eigenvalue weighted by Gasteiger charge is 2.17. The van der Waals surface area contributed by atoms with Crippen molar-refractivity contribution in [2.24, 2.45) is 0 Å². The molecule has 0 radical (unpaired) electrons. The quantitative estimate of drug-likeness (QED) is 0.654.